The van der Waals surface area contributed by atoms with Crippen molar-refractivity contribution in [1.29, 1.82) is 0 Å². The van der Waals surface area contributed by atoms with Gasteiger partial charge in [0.05, 0.1) is 17.3 Å². The first-order valence-corrected chi connectivity index (χ1v) is 10.6. The van der Waals surface area contributed by atoms with E-state index < -0.39 is 22.4 Å². The maximum atomic E-state index is 12.2. The number of nitrogens with zero attached hydrogens (tertiary/aromatic N) is 1. The molecule has 0 aromatic heterocycles. The van der Waals surface area contributed by atoms with Crippen LogP contribution in [0.25, 0.3) is 0 Å². The van der Waals surface area contributed by atoms with Gasteiger partial charge in [-0.3, -0.25) is 4.79 Å². The van der Waals surface area contributed by atoms with Crippen LogP contribution in [0.4, 0.5) is 0 Å². The van der Waals surface area contributed by atoms with Gasteiger partial charge in [0.15, 0.2) is 16.4 Å². The topological polar surface area (TPSA) is 101 Å². The minimum Gasteiger partial charge on any atom is -0.482 e. The summed E-state index contributed by atoms with van der Waals surface area (Å²) in [5.74, 6) is -0.00544. The Hall–Kier alpha value is -1.74. The van der Waals surface area contributed by atoms with Crippen molar-refractivity contribution in [1.82, 2.24) is 4.90 Å². The van der Waals surface area contributed by atoms with Gasteiger partial charge in [-0.25, -0.2) is 13.2 Å². The number of aliphatic carboxylic acids is 1. The molecule has 1 fully saturated rings. The van der Waals surface area contributed by atoms with Crippen molar-refractivity contribution in [3.05, 3.63) is 29.8 Å². The molecule has 1 N–H and O–H groups in total. The summed E-state index contributed by atoms with van der Waals surface area (Å²) in [6.07, 6.45) is 0.613. The van der Waals surface area contributed by atoms with Crippen LogP contribution in [-0.4, -0.2) is 66.5 Å². The first-order chi connectivity index (χ1) is 11.7. The first-order valence-electron chi connectivity index (χ1n) is 7.75. The van der Waals surface area contributed by atoms with E-state index in [4.69, 9.17) is 9.84 Å². The summed E-state index contributed by atoms with van der Waals surface area (Å²) in [7, 11) is -1.22. The third-order valence-electron chi connectivity index (χ3n) is 3.76. The van der Waals surface area contributed by atoms with E-state index in [1.54, 1.807) is 36.2 Å². The largest absolute Gasteiger partial charge is 0.482 e. The molecule has 1 atom stereocenters. The lowest BCUT2D eigenvalue weighted by Crippen LogP contribution is -2.28. The molecule has 1 aliphatic rings. The van der Waals surface area contributed by atoms with Crippen LogP contribution in [0.2, 0.25) is 0 Å². The van der Waals surface area contributed by atoms with Crippen LogP contribution in [0.5, 0.6) is 5.75 Å². The second-order valence-electron chi connectivity index (χ2n) is 5.91. The van der Waals surface area contributed by atoms with Gasteiger partial charge in [-0.1, -0.05) is 12.1 Å². The molecule has 0 spiro atoms. The Kier molecular flexibility index (Phi) is 6.71. The second-order valence-corrected chi connectivity index (χ2v) is 9.43. The van der Waals surface area contributed by atoms with E-state index in [9.17, 15) is 18.0 Å². The number of rotatable bonds is 8. The lowest BCUT2D eigenvalue weighted by atomic mass is 10.2. The van der Waals surface area contributed by atoms with Crippen molar-refractivity contribution < 1.29 is 27.9 Å². The Labute approximate surface area is 151 Å². The zero-order chi connectivity index (χ0) is 18.4. The maximum absolute atomic E-state index is 12.2. The van der Waals surface area contributed by atoms with Crippen LogP contribution in [0.15, 0.2) is 24.3 Å². The van der Waals surface area contributed by atoms with Crippen LogP contribution in [-0.2, 0) is 26.0 Å². The number of ether oxygens (including phenoxy) is 1. The van der Waals surface area contributed by atoms with Gasteiger partial charge in [-0.05, 0) is 24.1 Å². The smallest absolute Gasteiger partial charge is 0.341 e. The van der Waals surface area contributed by atoms with Gasteiger partial charge in [-0.15, -0.1) is 11.8 Å². The summed E-state index contributed by atoms with van der Waals surface area (Å²) in [6.45, 7) is 0.0212. The van der Waals surface area contributed by atoms with Crippen molar-refractivity contribution >= 4 is 33.5 Å². The minimum atomic E-state index is -2.92. The molecule has 0 saturated carbocycles. The predicted octanol–water partition coefficient (Wildman–Crippen LogP) is 1.03. The maximum Gasteiger partial charge on any atom is 0.341 e. The average Bonchev–Trinajstić information content (AvgIpc) is 2.91. The molecule has 0 radical (unpaired) electrons. The summed E-state index contributed by atoms with van der Waals surface area (Å²) < 4.78 is 27.9. The second kappa shape index (κ2) is 8.57. The third kappa shape index (κ3) is 6.58. The highest BCUT2D eigenvalue weighted by molar-refractivity contribution is 8.02. The summed E-state index contributed by atoms with van der Waals surface area (Å²) in [5, 5.41) is 8.57. The monoisotopic (exact) mass is 387 g/mol. The molecular formula is C16H21NO6S2. The van der Waals surface area contributed by atoms with Crippen LogP contribution >= 0.6 is 11.8 Å². The number of hydrogen-bond donors (Lipinski definition) is 1. The highest BCUT2D eigenvalue weighted by Crippen LogP contribution is 2.24. The molecule has 25 heavy (non-hydrogen) atoms. The SMILES string of the molecule is CN(Cc1ccc(OCC(=O)O)cc1)C(=O)CSC1CCS(=O)(=O)C1. The predicted molar refractivity (Wildman–Crippen MR) is 95.6 cm³/mol. The summed E-state index contributed by atoms with van der Waals surface area (Å²) in [6, 6.07) is 6.87. The molecule has 0 bridgehead atoms. The van der Waals surface area contributed by atoms with Gasteiger partial charge < -0.3 is 14.7 Å². The summed E-state index contributed by atoms with van der Waals surface area (Å²) in [5.41, 5.74) is 0.895. The number of amides is 1. The molecule has 138 valence electrons. The lowest BCUT2D eigenvalue weighted by molar-refractivity contribution is -0.139. The quantitative estimate of drug-likeness (QED) is 0.711. The van der Waals surface area contributed by atoms with Crippen LogP contribution < -0.4 is 4.74 Å². The Balaban J connectivity index is 1.77. The van der Waals surface area contributed by atoms with E-state index in [1.165, 1.54) is 11.8 Å². The number of benzene rings is 1. The van der Waals surface area contributed by atoms with Crippen molar-refractivity contribution in [2.45, 2.75) is 18.2 Å². The Bertz CT molecular complexity index is 717. The standard InChI is InChI=1S/C16H21NO6S2/c1-17(15(18)10-24-14-6-7-25(21,22)11-14)8-12-2-4-13(5-3-12)23-9-16(19)20/h2-5,14H,6-11H2,1H3,(H,19,20). The number of carbonyl (C=O) groups is 2. The fraction of sp³-hybridized carbons (Fsp3) is 0.500. The molecule has 1 heterocycles. The Morgan fingerprint density at radius 2 is 2.00 bits per heavy atom. The Morgan fingerprint density at radius 1 is 1.32 bits per heavy atom. The molecule has 7 nitrogen and oxygen atoms in total. The van der Waals surface area contributed by atoms with Gasteiger partial charge in [-0.2, -0.15) is 0 Å². The highest BCUT2D eigenvalue weighted by atomic mass is 32.2. The van der Waals surface area contributed by atoms with Crippen LogP contribution in [0, 0.1) is 0 Å². The van der Waals surface area contributed by atoms with Gasteiger partial charge in [0, 0.05) is 18.8 Å². The van der Waals surface area contributed by atoms with E-state index in [0.717, 1.165) is 5.56 Å². The fourth-order valence-corrected chi connectivity index (χ4v) is 5.97. The van der Waals surface area contributed by atoms with Gasteiger partial charge in [0.1, 0.15) is 5.75 Å². The number of carbonyl (C=O) groups excluding carboxylic acids is 1. The summed E-state index contributed by atoms with van der Waals surface area (Å²) >= 11 is 1.40. The molecule has 1 unspecified atom stereocenters. The fourth-order valence-electron chi connectivity index (χ4n) is 2.39. The highest BCUT2D eigenvalue weighted by Gasteiger charge is 2.28. The average molecular weight is 387 g/mol. The number of hydrogen-bond acceptors (Lipinski definition) is 6. The third-order valence-corrected chi connectivity index (χ3v) is 7.03. The van der Waals surface area contributed by atoms with Crippen LogP contribution in [0.3, 0.4) is 0 Å². The van der Waals surface area contributed by atoms with Crippen molar-refractivity contribution in [3.63, 3.8) is 0 Å². The van der Waals surface area contributed by atoms with E-state index in [1.807, 2.05) is 0 Å². The zero-order valence-corrected chi connectivity index (χ0v) is 15.5. The van der Waals surface area contributed by atoms with E-state index in [0.29, 0.717) is 18.7 Å². The Morgan fingerprint density at radius 3 is 2.56 bits per heavy atom. The van der Waals surface area contributed by atoms with Crippen molar-refractivity contribution in [2.75, 3.05) is 30.9 Å². The zero-order valence-electron chi connectivity index (χ0n) is 13.9. The number of carboxylic acids is 1. The number of carboxylic acid groups (broad SMARTS) is 1. The number of thioether (sulfide) groups is 1. The molecule has 1 amide bonds. The van der Waals surface area contributed by atoms with Gasteiger partial charge >= 0.3 is 5.97 Å². The number of sulfone groups is 1. The molecule has 1 aromatic rings. The molecule has 2 rings (SSSR count). The van der Waals surface area contributed by atoms with Gasteiger partial charge in [0.2, 0.25) is 5.91 Å². The van der Waals surface area contributed by atoms with Gasteiger partial charge in [0.25, 0.3) is 0 Å². The molecular weight excluding hydrogens is 366 g/mol. The molecule has 0 aliphatic carbocycles. The van der Waals surface area contributed by atoms with E-state index >= 15 is 0 Å². The van der Waals surface area contributed by atoms with E-state index in [-0.39, 0.29) is 28.4 Å². The molecule has 9 heteroatoms. The first kappa shape index (κ1) is 19.6. The van der Waals surface area contributed by atoms with Crippen molar-refractivity contribution in [3.8, 4) is 5.75 Å². The van der Waals surface area contributed by atoms with Crippen molar-refractivity contribution in [2.24, 2.45) is 0 Å². The molecule has 1 saturated heterocycles. The normalized spacial score (nSPS) is 18.7. The minimum absolute atomic E-state index is 0.00742. The lowest BCUT2D eigenvalue weighted by Gasteiger charge is -2.18. The molecule has 1 aliphatic heterocycles. The molecule has 1 aromatic carbocycles. The van der Waals surface area contributed by atoms with Crippen LogP contribution in [0.1, 0.15) is 12.0 Å². The summed E-state index contributed by atoms with van der Waals surface area (Å²) in [4.78, 5) is 24.2. The van der Waals surface area contributed by atoms with E-state index in [2.05, 4.69) is 0 Å².